The van der Waals surface area contributed by atoms with Gasteiger partial charge in [-0.2, -0.15) is 5.10 Å². The van der Waals surface area contributed by atoms with Gasteiger partial charge in [-0.1, -0.05) is 0 Å². The molecule has 3 rings (SSSR count). The Morgan fingerprint density at radius 1 is 1.20 bits per heavy atom. The van der Waals surface area contributed by atoms with Crippen molar-refractivity contribution >= 4 is 5.97 Å². The average molecular weight is 270 g/mol. The summed E-state index contributed by atoms with van der Waals surface area (Å²) in [5, 5.41) is 23.4. The Morgan fingerprint density at radius 3 is 2.50 bits per heavy atom. The van der Waals surface area contributed by atoms with E-state index in [9.17, 15) is 4.79 Å². The number of nitrogens with one attached hydrogen (secondary N) is 1. The fraction of sp³-hybridized carbons (Fsp3) is 0.0769. The molecule has 0 atom stereocenters. The molecule has 7 nitrogen and oxygen atoms in total. The number of rotatable bonds is 3. The maximum Gasteiger partial charge on any atom is 0.335 e. The Balaban J connectivity index is 1.94. The number of aromatic amines is 1. The Bertz CT molecular complexity index is 758. The number of H-pyrrole nitrogens is 1. The van der Waals surface area contributed by atoms with E-state index in [4.69, 9.17) is 9.52 Å². The Labute approximate surface area is 113 Å². The molecule has 0 bridgehead atoms. The standard InChI is InChI=1S/C13H10N4O3/c1-7-10(6-14-15-7)12-17-16-11(20-12)8-2-4-9(5-3-8)13(18)19/h2-6H,1H3,(H,14,15)(H,18,19). The summed E-state index contributed by atoms with van der Waals surface area (Å²) in [4.78, 5) is 10.8. The fourth-order valence-electron chi connectivity index (χ4n) is 1.77. The summed E-state index contributed by atoms with van der Waals surface area (Å²) in [6.07, 6.45) is 1.61. The third-order valence-electron chi connectivity index (χ3n) is 2.86. The molecule has 0 unspecified atom stereocenters. The first-order valence-electron chi connectivity index (χ1n) is 5.83. The lowest BCUT2D eigenvalue weighted by Crippen LogP contribution is -1.94. The minimum Gasteiger partial charge on any atom is -0.478 e. The highest BCUT2D eigenvalue weighted by molar-refractivity contribution is 5.88. The molecule has 0 fully saturated rings. The van der Waals surface area contributed by atoms with Crippen LogP contribution in [-0.4, -0.2) is 31.5 Å². The molecule has 0 spiro atoms. The monoisotopic (exact) mass is 270 g/mol. The van der Waals surface area contributed by atoms with Crippen LogP contribution in [0.4, 0.5) is 0 Å². The van der Waals surface area contributed by atoms with Crippen molar-refractivity contribution in [1.29, 1.82) is 0 Å². The van der Waals surface area contributed by atoms with Gasteiger partial charge in [0.15, 0.2) is 0 Å². The number of carboxylic acid groups (broad SMARTS) is 1. The Kier molecular flexibility index (Phi) is 2.79. The number of aromatic carboxylic acids is 1. The minimum atomic E-state index is -0.975. The van der Waals surface area contributed by atoms with Crippen LogP contribution in [0.5, 0.6) is 0 Å². The van der Waals surface area contributed by atoms with Crippen molar-refractivity contribution in [2.24, 2.45) is 0 Å². The van der Waals surface area contributed by atoms with Crippen molar-refractivity contribution in [3.63, 3.8) is 0 Å². The number of benzene rings is 1. The van der Waals surface area contributed by atoms with Crippen LogP contribution in [0, 0.1) is 6.92 Å². The molecule has 0 aliphatic rings. The van der Waals surface area contributed by atoms with Crippen molar-refractivity contribution in [3.05, 3.63) is 41.7 Å². The first-order chi connectivity index (χ1) is 9.65. The van der Waals surface area contributed by atoms with Gasteiger partial charge in [0.1, 0.15) is 0 Å². The molecule has 100 valence electrons. The zero-order chi connectivity index (χ0) is 14.1. The highest BCUT2D eigenvalue weighted by atomic mass is 16.4. The number of hydrogen-bond donors (Lipinski definition) is 2. The van der Waals surface area contributed by atoms with E-state index in [0.717, 1.165) is 11.3 Å². The van der Waals surface area contributed by atoms with E-state index < -0.39 is 5.97 Å². The minimum absolute atomic E-state index is 0.208. The molecule has 2 N–H and O–H groups in total. The third-order valence-corrected chi connectivity index (χ3v) is 2.86. The van der Waals surface area contributed by atoms with Gasteiger partial charge >= 0.3 is 5.97 Å². The van der Waals surface area contributed by atoms with E-state index in [0.29, 0.717) is 17.3 Å². The van der Waals surface area contributed by atoms with Gasteiger partial charge in [-0.25, -0.2) is 4.79 Å². The quantitative estimate of drug-likeness (QED) is 0.755. The normalized spacial score (nSPS) is 10.7. The Hall–Kier alpha value is -2.96. The first kappa shape index (κ1) is 12.1. The molecule has 3 aromatic rings. The number of carbonyl (C=O) groups is 1. The van der Waals surface area contributed by atoms with Crippen molar-refractivity contribution in [2.75, 3.05) is 0 Å². The second kappa shape index (κ2) is 4.61. The summed E-state index contributed by atoms with van der Waals surface area (Å²) in [7, 11) is 0. The zero-order valence-electron chi connectivity index (χ0n) is 10.5. The predicted octanol–water partition coefficient (Wildman–Crippen LogP) is 2.13. The molecule has 0 aliphatic carbocycles. The Morgan fingerprint density at radius 2 is 1.90 bits per heavy atom. The van der Waals surface area contributed by atoms with Gasteiger partial charge in [0, 0.05) is 11.3 Å². The third kappa shape index (κ3) is 2.05. The lowest BCUT2D eigenvalue weighted by atomic mass is 10.1. The summed E-state index contributed by atoms with van der Waals surface area (Å²) in [6, 6.07) is 6.24. The molecule has 0 radical (unpaired) electrons. The smallest absolute Gasteiger partial charge is 0.335 e. The van der Waals surface area contributed by atoms with E-state index in [-0.39, 0.29) is 5.56 Å². The fourth-order valence-corrected chi connectivity index (χ4v) is 1.77. The molecule has 0 aliphatic heterocycles. The summed E-state index contributed by atoms with van der Waals surface area (Å²) in [5.41, 5.74) is 2.45. The second-order valence-electron chi connectivity index (χ2n) is 4.20. The van der Waals surface area contributed by atoms with Gasteiger partial charge in [-0.3, -0.25) is 5.10 Å². The van der Waals surface area contributed by atoms with Crippen LogP contribution in [0.2, 0.25) is 0 Å². The summed E-state index contributed by atoms with van der Waals surface area (Å²) >= 11 is 0. The van der Waals surface area contributed by atoms with Crippen molar-refractivity contribution < 1.29 is 14.3 Å². The van der Waals surface area contributed by atoms with E-state index >= 15 is 0 Å². The molecule has 2 heterocycles. The number of aryl methyl sites for hydroxylation is 1. The molecule has 1 aromatic carbocycles. The van der Waals surface area contributed by atoms with Gasteiger partial charge in [0.25, 0.3) is 5.89 Å². The van der Waals surface area contributed by atoms with Gasteiger partial charge < -0.3 is 9.52 Å². The number of aromatic nitrogens is 4. The van der Waals surface area contributed by atoms with Crippen LogP contribution in [0.3, 0.4) is 0 Å². The summed E-state index contributed by atoms with van der Waals surface area (Å²) in [6.45, 7) is 1.86. The molecular weight excluding hydrogens is 260 g/mol. The van der Waals surface area contributed by atoms with E-state index in [2.05, 4.69) is 20.4 Å². The van der Waals surface area contributed by atoms with Crippen molar-refractivity contribution in [3.8, 4) is 22.9 Å². The van der Waals surface area contributed by atoms with Crippen LogP contribution < -0.4 is 0 Å². The summed E-state index contributed by atoms with van der Waals surface area (Å²) < 4.78 is 5.57. The molecular formula is C13H10N4O3. The largest absolute Gasteiger partial charge is 0.478 e. The van der Waals surface area contributed by atoms with Crippen LogP contribution >= 0.6 is 0 Å². The van der Waals surface area contributed by atoms with Crippen LogP contribution in [0.25, 0.3) is 22.9 Å². The number of hydrogen-bond acceptors (Lipinski definition) is 5. The van der Waals surface area contributed by atoms with Gasteiger partial charge in [0.05, 0.1) is 17.3 Å². The summed E-state index contributed by atoms with van der Waals surface area (Å²) in [5.74, 6) is -0.275. The second-order valence-corrected chi connectivity index (χ2v) is 4.20. The van der Waals surface area contributed by atoms with Crippen molar-refractivity contribution in [2.45, 2.75) is 6.92 Å². The van der Waals surface area contributed by atoms with Crippen molar-refractivity contribution in [1.82, 2.24) is 20.4 Å². The molecule has 0 saturated carbocycles. The van der Waals surface area contributed by atoms with Gasteiger partial charge in [0.2, 0.25) is 5.89 Å². The van der Waals surface area contributed by atoms with E-state index in [1.807, 2.05) is 6.92 Å². The van der Waals surface area contributed by atoms with Crippen LogP contribution in [0.1, 0.15) is 16.1 Å². The van der Waals surface area contributed by atoms with E-state index in [1.165, 1.54) is 12.1 Å². The number of carboxylic acids is 1. The van der Waals surface area contributed by atoms with Crippen LogP contribution in [-0.2, 0) is 0 Å². The molecule has 2 aromatic heterocycles. The predicted molar refractivity (Wildman–Crippen MR) is 69.0 cm³/mol. The highest BCUT2D eigenvalue weighted by Gasteiger charge is 2.14. The van der Waals surface area contributed by atoms with Crippen LogP contribution in [0.15, 0.2) is 34.9 Å². The lowest BCUT2D eigenvalue weighted by molar-refractivity contribution is 0.0697. The molecule has 7 heteroatoms. The van der Waals surface area contributed by atoms with Gasteiger partial charge in [-0.05, 0) is 31.2 Å². The molecule has 0 saturated heterocycles. The first-order valence-corrected chi connectivity index (χ1v) is 5.83. The zero-order valence-corrected chi connectivity index (χ0v) is 10.5. The number of nitrogens with zero attached hydrogens (tertiary/aromatic N) is 3. The molecule has 0 amide bonds. The lowest BCUT2D eigenvalue weighted by Gasteiger charge is -1.96. The average Bonchev–Trinajstić information content (AvgIpc) is 3.07. The van der Waals surface area contributed by atoms with Gasteiger partial charge in [-0.15, -0.1) is 10.2 Å². The SMILES string of the molecule is Cc1[nH]ncc1-c1nnc(-c2ccc(C(=O)O)cc2)o1. The molecule has 20 heavy (non-hydrogen) atoms. The maximum absolute atomic E-state index is 10.8. The van der Waals surface area contributed by atoms with E-state index in [1.54, 1.807) is 18.3 Å². The maximum atomic E-state index is 10.8. The topological polar surface area (TPSA) is 105 Å². The highest BCUT2D eigenvalue weighted by Crippen LogP contribution is 2.25.